The van der Waals surface area contributed by atoms with Crippen molar-refractivity contribution in [3.8, 4) is 0 Å². The third-order valence-corrected chi connectivity index (χ3v) is 8.04. The minimum Gasteiger partial charge on any atom is -0.395 e. The molecule has 1 heterocycles. The average Bonchev–Trinajstić information content (AvgIpc) is 3.33. The zero-order chi connectivity index (χ0) is 28.1. The Bertz CT molecular complexity index is 1330. The number of rotatable bonds is 9. The second-order valence-electron chi connectivity index (χ2n) is 10.0. The molecule has 0 spiro atoms. The van der Waals surface area contributed by atoms with Gasteiger partial charge in [-0.3, -0.25) is 19.3 Å². The molecular formula is C29H36N6O3S. The standard InChI is InChI=1S/C29H36N6O3S/c1-4-18-10-8-9-13-22(18)35(29(38)26-23(30)24(27(31)36)33-39-26)25(19-14-16-21(17-15-19)34(2)3)28(37)32-20-11-6-5-7-12-20/h8-10,13-17,20,25H,4-7,11-12,30H2,1-3H3,(H2,31,36)(H,32,37). The Morgan fingerprint density at radius 2 is 1.72 bits per heavy atom. The van der Waals surface area contributed by atoms with E-state index >= 15 is 0 Å². The summed E-state index contributed by atoms with van der Waals surface area (Å²) in [6.07, 6.45) is 5.72. The summed E-state index contributed by atoms with van der Waals surface area (Å²) in [7, 11) is 3.89. The Labute approximate surface area is 233 Å². The number of anilines is 3. The van der Waals surface area contributed by atoms with Gasteiger partial charge in [0, 0.05) is 31.5 Å². The Hall–Kier alpha value is -3.92. The summed E-state index contributed by atoms with van der Waals surface area (Å²) < 4.78 is 4.05. The molecule has 3 aromatic rings. The molecule has 206 valence electrons. The van der Waals surface area contributed by atoms with Crippen molar-refractivity contribution in [2.24, 2.45) is 5.73 Å². The Morgan fingerprint density at radius 1 is 1.05 bits per heavy atom. The number of para-hydroxylation sites is 1. The first-order valence-electron chi connectivity index (χ1n) is 13.3. The number of nitrogens with zero attached hydrogens (tertiary/aromatic N) is 3. The number of aryl methyl sites for hydroxylation is 1. The molecule has 3 amide bonds. The average molecular weight is 549 g/mol. The van der Waals surface area contributed by atoms with Crippen LogP contribution < -0.4 is 26.6 Å². The molecule has 1 aliphatic carbocycles. The van der Waals surface area contributed by atoms with Crippen LogP contribution in [0.5, 0.6) is 0 Å². The smallest absolute Gasteiger partial charge is 0.273 e. The highest BCUT2D eigenvalue weighted by Gasteiger charge is 2.37. The van der Waals surface area contributed by atoms with Crippen molar-refractivity contribution in [2.45, 2.75) is 57.5 Å². The number of hydrogen-bond acceptors (Lipinski definition) is 7. The number of nitrogens with one attached hydrogen (secondary N) is 1. The van der Waals surface area contributed by atoms with E-state index in [-0.39, 0.29) is 28.2 Å². The SMILES string of the molecule is CCc1ccccc1N(C(=O)c1snc(C(N)=O)c1N)C(C(=O)NC1CCCCC1)c1ccc(N(C)C)cc1. The molecular weight excluding hydrogens is 512 g/mol. The van der Waals surface area contributed by atoms with E-state index in [2.05, 4.69) is 9.69 Å². The number of amides is 3. The zero-order valence-corrected chi connectivity index (χ0v) is 23.5. The lowest BCUT2D eigenvalue weighted by Gasteiger charge is -2.34. The maximum absolute atomic E-state index is 14.3. The largest absolute Gasteiger partial charge is 0.395 e. The lowest BCUT2D eigenvalue weighted by Crippen LogP contribution is -2.47. The fourth-order valence-electron chi connectivity index (χ4n) is 5.05. The second-order valence-corrected chi connectivity index (χ2v) is 10.8. The van der Waals surface area contributed by atoms with E-state index in [4.69, 9.17) is 11.5 Å². The summed E-state index contributed by atoms with van der Waals surface area (Å²) in [6, 6.07) is 14.2. The maximum atomic E-state index is 14.3. The third-order valence-electron chi connectivity index (χ3n) is 7.19. The van der Waals surface area contributed by atoms with E-state index in [1.165, 1.54) is 4.90 Å². The molecule has 1 aromatic heterocycles. The molecule has 4 rings (SSSR count). The fraction of sp³-hybridized carbons (Fsp3) is 0.379. The molecule has 0 aliphatic heterocycles. The lowest BCUT2D eigenvalue weighted by molar-refractivity contribution is -0.123. The number of aromatic nitrogens is 1. The Morgan fingerprint density at radius 3 is 2.31 bits per heavy atom. The van der Waals surface area contributed by atoms with Crippen LogP contribution in [0.25, 0.3) is 0 Å². The lowest BCUT2D eigenvalue weighted by atomic mass is 9.94. The predicted octanol–water partition coefficient (Wildman–Crippen LogP) is 4.29. The van der Waals surface area contributed by atoms with Gasteiger partial charge in [-0.2, -0.15) is 4.37 Å². The van der Waals surface area contributed by atoms with E-state index in [0.717, 1.165) is 54.9 Å². The first kappa shape index (κ1) is 28.1. The van der Waals surface area contributed by atoms with Crippen molar-refractivity contribution >= 4 is 46.3 Å². The maximum Gasteiger partial charge on any atom is 0.273 e. The van der Waals surface area contributed by atoms with E-state index < -0.39 is 17.9 Å². The monoisotopic (exact) mass is 548 g/mol. The first-order valence-corrected chi connectivity index (χ1v) is 14.0. The number of carbonyl (C=O) groups excluding carboxylic acids is 3. The molecule has 1 fully saturated rings. The van der Waals surface area contributed by atoms with Crippen LogP contribution in [0.15, 0.2) is 48.5 Å². The number of benzene rings is 2. The fourth-order valence-corrected chi connectivity index (χ4v) is 5.79. The first-order chi connectivity index (χ1) is 18.7. The molecule has 0 saturated heterocycles. The molecule has 1 atom stereocenters. The van der Waals surface area contributed by atoms with E-state index in [0.29, 0.717) is 17.7 Å². The number of nitrogen functional groups attached to an aromatic ring is 1. The van der Waals surface area contributed by atoms with Crippen LogP contribution >= 0.6 is 11.5 Å². The summed E-state index contributed by atoms with van der Waals surface area (Å²) in [5, 5.41) is 3.23. The van der Waals surface area contributed by atoms with Crippen molar-refractivity contribution in [1.29, 1.82) is 0 Å². The second kappa shape index (κ2) is 12.3. The van der Waals surface area contributed by atoms with Crippen molar-refractivity contribution < 1.29 is 14.4 Å². The molecule has 1 saturated carbocycles. The normalized spacial score (nSPS) is 14.4. The van der Waals surface area contributed by atoms with Crippen molar-refractivity contribution in [3.63, 3.8) is 0 Å². The molecule has 1 unspecified atom stereocenters. The van der Waals surface area contributed by atoms with Crippen LogP contribution in [-0.4, -0.2) is 42.2 Å². The van der Waals surface area contributed by atoms with Crippen LogP contribution in [0.3, 0.4) is 0 Å². The quantitative estimate of drug-likeness (QED) is 0.365. The van der Waals surface area contributed by atoms with Gasteiger partial charge < -0.3 is 21.7 Å². The summed E-state index contributed by atoms with van der Waals surface area (Å²) >= 11 is 0.810. The third kappa shape index (κ3) is 6.06. The minimum absolute atomic E-state index is 0.0445. The molecule has 39 heavy (non-hydrogen) atoms. The van der Waals surface area contributed by atoms with Crippen LogP contribution in [0.2, 0.25) is 0 Å². The van der Waals surface area contributed by atoms with Crippen LogP contribution in [0.4, 0.5) is 17.1 Å². The van der Waals surface area contributed by atoms with E-state index in [1.54, 1.807) is 0 Å². The van der Waals surface area contributed by atoms with Gasteiger partial charge in [-0.25, -0.2) is 0 Å². The van der Waals surface area contributed by atoms with Crippen LogP contribution in [0.1, 0.15) is 76.4 Å². The van der Waals surface area contributed by atoms with E-state index in [1.807, 2.05) is 74.4 Å². The molecule has 10 heteroatoms. The molecule has 9 nitrogen and oxygen atoms in total. The highest BCUT2D eigenvalue weighted by atomic mass is 32.1. The molecule has 0 radical (unpaired) electrons. The number of primary amides is 1. The van der Waals surface area contributed by atoms with Crippen molar-refractivity contribution in [3.05, 3.63) is 70.2 Å². The van der Waals surface area contributed by atoms with Gasteiger partial charge in [0.1, 0.15) is 10.9 Å². The number of carbonyl (C=O) groups is 3. The van der Waals surface area contributed by atoms with Gasteiger partial charge in [0.15, 0.2) is 5.69 Å². The highest BCUT2D eigenvalue weighted by molar-refractivity contribution is 7.09. The molecule has 5 N–H and O–H groups in total. The van der Waals surface area contributed by atoms with Crippen molar-refractivity contribution in [2.75, 3.05) is 29.6 Å². The molecule has 0 bridgehead atoms. The minimum atomic E-state index is -0.984. The van der Waals surface area contributed by atoms with Gasteiger partial charge in [0.2, 0.25) is 5.91 Å². The van der Waals surface area contributed by atoms with E-state index in [9.17, 15) is 14.4 Å². The van der Waals surface area contributed by atoms with Crippen molar-refractivity contribution in [1.82, 2.24) is 9.69 Å². The Kier molecular flexibility index (Phi) is 8.86. The molecule has 2 aromatic carbocycles. The van der Waals surface area contributed by atoms with Crippen LogP contribution in [0, 0.1) is 0 Å². The zero-order valence-electron chi connectivity index (χ0n) is 22.6. The summed E-state index contributed by atoms with van der Waals surface area (Å²) in [5.74, 6) is -1.59. The summed E-state index contributed by atoms with van der Waals surface area (Å²) in [4.78, 5) is 43.9. The van der Waals surface area contributed by atoms with Gasteiger partial charge in [-0.05, 0) is 60.1 Å². The van der Waals surface area contributed by atoms with Gasteiger partial charge >= 0.3 is 0 Å². The summed E-state index contributed by atoms with van der Waals surface area (Å²) in [5.41, 5.74) is 14.5. The van der Waals surface area contributed by atoms with Gasteiger partial charge in [0.05, 0.1) is 5.69 Å². The summed E-state index contributed by atoms with van der Waals surface area (Å²) in [6.45, 7) is 2.00. The van der Waals surface area contributed by atoms with Gasteiger partial charge in [-0.15, -0.1) is 0 Å². The Balaban J connectivity index is 1.88. The number of hydrogen-bond donors (Lipinski definition) is 3. The van der Waals surface area contributed by atoms with Gasteiger partial charge in [-0.1, -0.05) is 56.5 Å². The van der Waals surface area contributed by atoms with Crippen LogP contribution in [-0.2, 0) is 11.2 Å². The molecule has 1 aliphatic rings. The highest BCUT2D eigenvalue weighted by Crippen LogP contribution is 2.36. The topological polar surface area (TPSA) is 135 Å². The predicted molar refractivity (Wildman–Crippen MR) is 156 cm³/mol. The number of nitrogens with two attached hydrogens (primary N) is 2. The van der Waals surface area contributed by atoms with Gasteiger partial charge in [0.25, 0.3) is 11.8 Å².